The SMILES string of the molecule is NNC(c1cc(Cl)cc(Cl)c1)c1c(F)cccc1Cl. The van der Waals surface area contributed by atoms with Crippen molar-refractivity contribution in [3.8, 4) is 0 Å². The summed E-state index contributed by atoms with van der Waals surface area (Å²) < 4.78 is 13.9. The van der Waals surface area contributed by atoms with Gasteiger partial charge in [0.2, 0.25) is 0 Å². The first-order valence-corrected chi connectivity index (χ1v) is 6.52. The summed E-state index contributed by atoms with van der Waals surface area (Å²) in [6.45, 7) is 0. The average molecular weight is 320 g/mol. The monoisotopic (exact) mass is 318 g/mol. The highest BCUT2D eigenvalue weighted by molar-refractivity contribution is 6.34. The Kier molecular flexibility index (Phi) is 4.66. The number of hydrazine groups is 1. The number of hydrogen-bond acceptors (Lipinski definition) is 2. The molecule has 0 aliphatic carbocycles. The fourth-order valence-electron chi connectivity index (χ4n) is 1.87. The van der Waals surface area contributed by atoms with Crippen LogP contribution in [0.2, 0.25) is 15.1 Å². The number of benzene rings is 2. The van der Waals surface area contributed by atoms with Crippen molar-refractivity contribution in [3.63, 3.8) is 0 Å². The highest BCUT2D eigenvalue weighted by Crippen LogP contribution is 2.32. The third-order valence-corrected chi connectivity index (χ3v) is 3.44. The third kappa shape index (κ3) is 3.19. The summed E-state index contributed by atoms with van der Waals surface area (Å²) in [5.74, 6) is 5.06. The molecule has 0 aliphatic rings. The van der Waals surface area contributed by atoms with Gasteiger partial charge in [0.05, 0.1) is 6.04 Å². The van der Waals surface area contributed by atoms with Gasteiger partial charge in [0.25, 0.3) is 0 Å². The minimum absolute atomic E-state index is 0.255. The molecule has 2 rings (SSSR count). The predicted octanol–water partition coefficient (Wildman–Crippen LogP) is 4.34. The molecule has 0 radical (unpaired) electrons. The summed E-state index contributed by atoms with van der Waals surface area (Å²) in [4.78, 5) is 0. The van der Waals surface area contributed by atoms with E-state index in [1.165, 1.54) is 12.1 Å². The van der Waals surface area contributed by atoms with Crippen molar-refractivity contribution in [2.24, 2.45) is 5.84 Å². The summed E-state index contributed by atoms with van der Waals surface area (Å²) in [6.07, 6.45) is 0. The van der Waals surface area contributed by atoms with Crippen LogP contribution < -0.4 is 11.3 Å². The Balaban J connectivity index is 2.56. The van der Waals surface area contributed by atoms with E-state index in [4.69, 9.17) is 40.6 Å². The second-order valence-electron chi connectivity index (χ2n) is 3.94. The highest BCUT2D eigenvalue weighted by atomic mass is 35.5. The zero-order valence-corrected chi connectivity index (χ0v) is 11.9. The molecule has 0 aliphatic heterocycles. The van der Waals surface area contributed by atoms with Gasteiger partial charge in [-0.2, -0.15) is 0 Å². The Hall–Kier alpha value is -0.840. The van der Waals surface area contributed by atoms with Gasteiger partial charge in [-0.3, -0.25) is 5.84 Å². The van der Waals surface area contributed by atoms with E-state index >= 15 is 0 Å². The maximum absolute atomic E-state index is 13.9. The normalized spacial score (nSPS) is 12.5. The van der Waals surface area contributed by atoms with Crippen LogP contribution in [0.3, 0.4) is 0 Å². The number of rotatable bonds is 3. The molecule has 2 nitrogen and oxygen atoms in total. The lowest BCUT2D eigenvalue weighted by Crippen LogP contribution is -2.29. The van der Waals surface area contributed by atoms with Crippen LogP contribution >= 0.6 is 34.8 Å². The van der Waals surface area contributed by atoms with E-state index in [-0.39, 0.29) is 10.6 Å². The molecule has 0 fully saturated rings. The zero-order valence-electron chi connectivity index (χ0n) is 9.63. The Morgan fingerprint density at radius 3 is 2.21 bits per heavy atom. The molecule has 0 spiro atoms. The first-order chi connectivity index (χ1) is 9.02. The first-order valence-electron chi connectivity index (χ1n) is 5.39. The average Bonchev–Trinajstić information content (AvgIpc) is 2.32. The van der Waals surface area contributed by atoms with E-state index in [9.17, 15) is 4.39 Å². The van der Waals surface area contributed by atoms with Gasteiger partial charge in [0.1, 0.15) is 5.82 Å². The van der Waals surface area contributed by atoms with Crippen LogP contribution in [0.15, 0.2) is 36.4 Å². The fraction of sp³-hybridized carbons (Fsp3) is 0.0769. The summed E-state index contributed by atoms with van der Waals surface area (Å²) in [6, 6.07) is 8.70. The molecule has 2 aromatic rings. The second kappa shape index (κ2) is 6.07. The number of nitrogens with two attached hydrogens (primary N) is 1. The van der Waals surface area contributed by atoms with Crippen molar-refractivity contribution in [3.05, 3.63) is 68.4 Å². The van der Waals surface area contributed by atoms with Gasteiger partial charge in [0, 0.05) is 20.6 Å². The van der Waals surface area contributed by atoms with E-state index < -0.39 is 11.9 Å². The Labute approximate surface area is 125 Å². The Morgan fingerprint density at radius 2 is 1.68 bits per heavy atom. The highest BCUT2D eigenvalue weighted by Gasteiger charge is 2.20. The fourth-order valence-corrected chi connectivity index (χ4v) is 2.69. The molecule has 19 heavy (non-hydrogen) atoms. The van der Waals surface area contributed by atoms with Gasteiger partial charge in [-0.05, 0) is 35.9 Å². The van der Waals surface area contributed by atoms with E-state index in [1.807, 2.05) is 0 Å². The minimum Gasteiger partial charge on any atom is -0.271 e. The lowest BCUT2D eigenvalue weighted by molar-refractivity contribution is 0.560. The van der Waals surface area contributed by atoms with Crippen molar-refractivity contribution in [1.82, 2.24) is 5.43 Å². The van der Waals surface area contributed by atoms with Crippen molar-refractivity contribution < 1.29 is 4.39 Å². The van der Waals surface area contributed by atoms with Gasteiger partial charge >= 0.3 is 0 Å². The lowest BCUT2D eigenvalue weighted by Gasteiger charge is -2.19. The van der Waals surface area contributed by atoms with E-state index in [2.05, 4.69) is 5.43 Å². The third-order valence-electron chi connectivity index (χ3n) is 2.67. The van der Waals surface area contributed by atoms with Crippen LogP contribution in [0.5, 0.6) is 0 Å². The molecule has 100 valence electrons. The molecule has 0 aromatic heterocycles. The minimum atomic E-state index is -0.634. The molecule has 0 heterocycles. The standard InChI is InChI=1S/C13H10Cl3FN2/c14-8-4-7(5-9(15)6-8)13(19-18)12-10(16)2-1-3-11(12)17/h1-6,13,19H,18H2. The van der Waals surface area contributed by atoms with Crippen molar-refractivity contribution in [2.75, 3.05) is 0 Å². The van der Waals surface area contributed by atoms with Crippen LogP contribution in [0.1, 0.15) is 17.2 Å². The molecule has 0 saturated carbocycles. The largest absolute Gasteiger partial charge is 0.271 e. The molecular weight excluding hydrogens is 310 g/mol. The Bertz CT molecular complexity index is 564. The topological polar surface area (TPSA) is 38.0 Å². The van der Waals surface area contributed by atoms with Gasteiger partial charge in [-0.1, -0.05) is 40.9 Å². The molecule has 2 aromatic carbocycles. The van der Waals surface area contributed by atoms with Crippen LogP contribution in [0, 0.1) is 5.82 Å². The number of halogens is 4. The first kappa shape index (κ1) is 14.6. The summed E-state index contributed by atoms with van der Waals surface area (Å²) in [5, 5.41) is 1.16. The molecule has 6 heteroatoms. The van der Waals surface area contributed by atoms with Crippen molar-refractivity contribution in [2.45, 2.75) is 6.04 Å². The summed E-state index contributed by atoms with van der Waals surface area (Å²) in [7, 11) is 0. The van der Waals surface area contributed by atoms with E-state index in [0.717, 1.165) is 0 Å². The van der Waals surface area contributed by atoms with E-state index in [0.29, 0.717) is 15.6 Å². The van der Waals surface area contributed by atoms with Gasteiger partial charge in [-0.25, -0.2) is 9.82 Å². The maximum Gasteiger partial charge on any atom is 0.129 e. The van der Waals surface area contributed by atoms with Crippen molar-refractivity contribution >= 4 is 34.8 Å². The van der Waals surface area contributed by atoms with Crippen LogP contribution in [0.4, 0.5) is 4.39 Å². The molecule has 0 saturated heterocycles. The number of nitrogens with one attached hydrogen (secondary N) is 1. The second-order valence-corrected chi connectivity index (χ2v) is 5.22. The molecular formula is C13H10Cl3FN2. The lowest BCUT2D eigenvalue weighted by atomic mass is 9.99. The quantitative estimate of drug-likeness (QED) is 0.652. The molecule has 0 bridgehead atoms. The van der Waals surface area contributed by atoms with Crippen LogP contribution in [-0.4, -0.2) is 0 Å². The van der Waals surface area contributed by atoms with Gasteiger partial charge < -0.3 is 0 Å². The molecule has 1 atom stereocenters. The predicted molar refractivity (Wildman–Crippen MR) is 77.0 cm³/mol. The Morgan fingerprint density at radius 1 is 1.05 bits per heavy atom. The zero-order chi connectivity index (χ0) is 14.0. The van der Waals surface area contributed by atoms with Crippen molar-refractivity contribution in [1.29, 1.82) is 0 Å². The van der Waals surface area contributed by atoms with Crippen LogP contribution in [-0.2, 0) is 0 Å². The summed E-state index contributed by atoms with van der Waals surface area (Å²) in [5.41, 5.74) is 3.42. The van der Waals surface area contributed by atoms with Gasteiger partial charge in [-0.15, -0.1) is 0 Å². The molecule has 3 N–H and O–H groups in total. The maximum atomic E-state index is 13.9. The number of hydrogen-bond donors (Lipinski definition) is 2. The van der Waals surface area contributed by atoms with Gasteiger partial charge in [0.15, 0.2) is 0 Å². The molecule has 0 amide bonds. The smallest absolute Gasteiger partial charge is 0.129 e. The van der Waals surface area contributed by atoms with E-state index in [1.54, 1.807) is 24.3 Å². The summed E-state index contributed by atoms with van der Waals surface area (Å²) >= 11 is 17.9. The molecule has 1 unspecified atom stereocenters. The van der Waals surface area contributed by atoms with Crippen LogP contribution in [0.25, 0.3) is 0 Å².